The van der Waals surface area contributed by atoms with E-state index in [-0.39, 0.29) is 11.3 Å². The summed E-state index contributed by atoms with van der Waals surface area (Å²) in [5, 5.41) is 16.8. The Morgan fingerprint density at radius 1 is 1.55 bits per heavy atom. The molecule has 5 heteroatoms. The first kappa shape index (κ1) is 7.49. The van der Waals surface area contributed by atoms with Gasteiger partial charge in [0, 0.05) is 6.20 Å². The van der Waals surface area contributed by atoms with Crippen molar-refractivity contribution in [1.29, 1.82) is 0 Å². The maximum absolute atomic E-state index is 10.3. The van der Waals surface area contributed by atoms with E-state index in [1.165, 1.54) is 18.5 Å². The van der Waals surface area contributed by atoms with Gasteiger partial charge in [0.15, 0.2) is 0 Å². The third-order valence-corrected chi connectivity index (χ3v) is 1.11. The van der Waals surface area contributed by atoms with Crippen LogP contribution in [-0.4, -0.2) is 21.3 Å². The molecule has 11 heavy (non-hydrogen) atoms. The van der Waals surface area contributed by atoms with Gasteiger partial charge in [-0.1, -0.05) is 0 Å². The van der Waals surface area contributed by atoms with Crippen molar-refractivity contribution in [3.8, 4) is 0 Å². The molecule has 1 aromatic heterocycles. The summed E-state index contributed by atoms with van der Waals surface area (Å²) in [6.07, 6.45) is 2.51. The molecule has 0 aliphatic heterocycles. The van der Waals surface area contributed by atoms with E-state index in [1.54, 1.807) is 5.48 Å². The fraction of sp³-hybridized carbons (Fsp3) is 0. The lowest BCUT2D eigenvalue weighted by atomic mass is 10.3. The van der Waals surface area contributed by atoms with E-state index >= 15 is 0 Å². The minimum atomic E-state index is -1.07. The summed E-state index contributed by atoms with van der Waals surface area (Å²) in [5.41, 5.74) is 2.08. The van der Waals surface area contributed by atoms with Gasteiger partial charge in [0.25, 0.3) is 0 Å². The van der Waals surface area contributed by atoms with Crippen LogP contribution in [0.5, 0.6) is 0 Å². The van der Waals surface area contributed by atoms with Gasteiger partial charge in [-0.05, 0) is 6.07 Å². The van der Waals surface area contributed by atoms with Crippen LogP contribution < -0.4 is 5.48 Å². The zero-order valence-electron chi connectivity index (χ0n) is 5.48. The summed E-state index contributed by atoms with van der Waals surface area (Å²) in [7, 11) is 0. The van der Waals surface area contributed by atoms with Crippen LogP contribution in [0.25, 0.3) is 0 Å². The zero-order chi connectivity index (χ0) is 8.27. The monoisotopic (exact) mass is 154 g/mol. The van der Waals surface area contributed by atoms with E-state index in [0.29, 0.717) is 0 Å². The lowest BCUT2D eigenvalue weighted by molar-refractivity contribution is 0.0696. The van der Waals surface area contributed by atoms with E-state index in [9.17, 15) is 4.79 Å². The van der Waals surface area contributed by atoms with Crippen LogP contribution in [0, 0.1) is 0 Å². The molecule has 1 heterocycles. The average molecular weight is 154 g/mol. The summed E-state index contributed by atoms with van der Waals surface area (Å²) < 4.78 is 0. The molecule has 3 N–H and O–H groups in total. The highest BCUT2D eigenvalue weighted by Crippen LogP contribution is 2.06. The molecule has 0 spiro atoms. The largest absolute Gasteiger partial charge is 0.478 e. The molecule has 1 rings (SSSR count). The van der Waals surface area contributed by atoms with Gasteiger partial charge in [-0.2, -0.15) is 0 Å². The number of nitrogens with one attached hydrogen (secondary N) is 1. The second-order valence-corrected chi connectivity index (χ2v) is 1.88. The number of hydrogen-bond acceptors (Lipinski definition) is 4. The number of carboxylic acid groups (broad SMARTS) is 1. The number of aromatic carboxylic acids is 1. The highest BCUT2D eigenvalue weighted by atomic mass is 16.5. The number of carboxylic acids is 1. The van der Waals surface area contributed by atoms with Gasteiger partial charge in [-0.25, -0.2) is 4.79 Å². The van der Waals surface area contributed by atoms with E-state index < -0.39 is 5.97 Å². The van der Waals surface area contributed by atoms with Crippen LogP contribution in [0.2, 0.25) is 0 Å². The molecule has 0 aromatic carbocycles. The molecule has 1 aromatic rings. The molecular formula is C6H6N2O3. The van der Waals surface area contributed by atoms with Gasteiger partial charge in [0.05, 0.1) is 17.4 Å². The van der Waals surface area contributed by atoms with Gasteiger partial charge in [0.1, 0.15) is 0 Å². The Bertz CT molecular complexity index is 274. The molecule has 0 atom stereocenters. The van der Waals surface area contributed by atoms with E-state index in [0.717, 1.165) is 0 Å². The molecule has 0 amide bonds. The van der Waals surface area contributed by atoms with Crippen molar-refractivity contribution in [1.82, 2.24) is 4.98 Å². The Balaban J connectivity index is 3.01. The van der Waals surface area contributed by atoms with Gasteiger partial charge in [-0.15, -0.1) is 0 Å². The van der Waals surface area contributed by atoms with Crippen molar-refractivity contribution in [2.45, 2.75) is 0 Å². The molecule has 0 aliphatic rings. The quantitative estimate of drug-likeness (QED) is 0.543. The van der Waals surface area contributed by atoms with Gasteiger partial charge >= 0.3 is 5.97 Å². The van der Waals surface area contributed by atoms with Gasteiger partial charge < -0.3 is 5.11 Å². The summed E-state index contributed by atoms with van der Waals surface area (Å²) in [5.74, 6) is -1.07. The Kier molecular flexibility index (Phi) is 2.03. The number of carbonyl (C=O) groups is 1. The minimum absolute atomic E-state index is 0.0315. The lowest BCUT2D eigenvalue weighted by Gasteiger charge is -1.97. The summed E-state index contributed by atoms with van der Waals surface area (Å²) >= 11 is 0. The third-order valence-electron chi connectivity index (χ3n) is 1.11. The maximum Gasteiger partial charge on any atom is 0.337 e. The Morgan fingerprint density at radius 3 is 2.82 bits per heavy atom. The predicted molar refractivity (Wildman–Crippen MR) is 36.6 cm³/mol. The lowest BCUT2D eigenvalue weighted by Crippen LogP contribution is -1.99. The molecule has 58 valence electrons. The zero-order valence-corrected chi connectivity index (χ0v) is 5.48. The van der Waals surface area contributed by atoms with Crippen LogP contribution in [0.1, 0.15) is 10.4 Å². The SMILES string of the molecule is O=C(O)c1cncc(NO)c1. The number of rotatable bonds is 2. The van der Waals surface area contributed by atoms with Crippen LogP contribution in [0.15, 0.2) is 18.5 Å². The number of nitrogens with zero attached hydrogens (tertiary/aromatic N) is 1. The van der Waals surface area contributed by atoms with Crippen LogP contribution in [0.3, 0.4) is 0 Å². The number of aromatic nitrogens is 1. The van der Waals surface area contributed by atoms with Gasteiger partial charge in [0.2, 0.25) is 0 Å². The molecule has 5 nitrogen and oxygen atoms in total. The van der Waals surface area contributed by atoms with E-state index in [1.807, 2.05) is 0 Å². The van der Waals surface area contributed by atoms with Crippen molar-refractivity contribution in [2.24, 2.45) is 0 Å². The number of pyridine rings is 1. The number of hydrogen-bond donors (Lipinski definition) is 3. The molecule has 0 aliphatic carbocycles. The Morgan fingerprint density at radius 2 is 2.27 bits per heavy atom. The molecular weight excluding hydrogens is 148 g/mol. The van der Waals surface area contributed by atoms with Crippen molar-refractivity contribution in [3.05, 3.63) is 24.0 Å². The molecule has 0 unspecified atom stereocenters. The van der Waals surface area contributed by atoms with E-state index in [4.69, 9.17) is 10.3 Å². The molecule has 0 bridgehead atoms. The van der Waals surface area contributed by atoms with Crippen LogP contribution in [0.4, 0.5) is 5.69 Å². The van der Waals surface area contributed by atoms with E-state index in [2.05, 4.69) is 4.98 Å². The summed E-state index contributed by atoms with van der Waals surface area (Å²) in [6.45, 7) is 0. The smallest absolute Gasteiger partial charge is 0.337 e. The predicted octanol–water partition coefficient (Wildman–Crippen LogP) is 0.581. The van der Waals surface area contributed by atoms with Crippen molar-refractivity contribution < 1.29 is 15.1 Å². The first-order valence-electron chi connectivity index (χ1n) is 2.82. The van der Waals surface area contributed by atoms with Gasteiger partial charge in [-0.3, -0.25) is 15.7 Å². The summed E-state index contributed by atoms with van der Waals surface area (Å²) in [6, 6.07) is 1.27. The van der Waals surface area contributed by atoms with Crippen LogP contribution in [-0.2, 0) is 0 Å². The highest BCUT2D eigenvalue weighted by molar-refractivity contribution is 5.88. The first-order chi connectivity index (χ1) is 5.24. The minimum Gasteiger partial charge on any atom is -0.478 e. The van der Waals surface area contributed by atoms with Crippen LogP contribution >= 0.6 is 0 Å². The molecule has 0 radical (unpaired) electrons. The summed E-state index contributed by atoms with van der Waals surface area (Å²) in [4.78, 5) is 13.9. The third kappa shape index (κ3) is 1.65. The molecule has 0 saturated carbocycles. The standard InChI is InChI=1S/C6H6N2O3/c9-6(10)4-1-5(8-11)3-7-2-4/h1-3,8,11H,(H,9,10). The molecule has 0 saturated heterocycles. The fourth-order valence-corrected chi connectivity index (χ4v) is 0.618. The Labute approximate surface area is 62.3 Å². The Hall–Kier alpha value is -1.62. The number of anilines is 1. The average Bonchev–Trinajstić information content (AvgIpc) is 2.05. The van der Waals surface area contributed by atoms with Crippen molar-refractivity contribution in [3.63, 3.8) is 0 Å². The normalized spacial score (nSPS) is 9.18. The second-order valence-electron chi connectivity index (χ2n) is 1.88. The maximum atomic E-state index is 10.3. The first-order valence-corrected chi connectivity index (χ1v) is 2.82. The second kappa shape index (κ2) is 2.98. The topological polar surface area (TPSA) is 82.5 Å². The van der Waals surface area contributed by atoms with Crippen molar-refractivity contribution >= 4 is 11.7 Å². The van der Waals surface area contributed by atoms with Crippen molar-refractivity contribution in [2.75, 3.05) is 5.48 Å². The molecule has 0 fully saturated rings. The highest BCUT2D eigenvalue weighted by Gasteiger charge is 2.02. The fourth-order valence-electron chi connectivity index (χ4n) is 0.618.